The fourth-order valence-corrected chi connectivity index (χ4v) is 3.85. The summed E-state index contributed by atoms with van der Waals surface area (Å²) < 4.78 is 5.90. The number of rotatable bonds is 3. The summed E-state index contributed by atoms with van der Waals surface area (Å²) >= 11 is 0. The fourth-order valence-electron chi connectivity index (χ4n) is 2.75. The van der Waals surface area contributed by atoms with E-state index < -0.39 is 8.38 Å². The Balaban J connectivity index is 1.91. The van der Waals surface area contributed by atoms with Crippen LogP contribution in [0.15, 0.2) is 96.0 Å². The van der Waals surface area contributed by atoms with E-state index in [1.807, 2.05) is 91.0 Å². The van der Waals surface area contributed by atoms with Gasteiger partial charge in [-0.15, -0.1) is 0 Å². The van der Waals surface area contributed by atoms with Gasteiger partial charge >= 0.3 is 0 Å². The van der Waals surface area contributed by atoms with Gasteiger partial charge in [-0.05, 0) is 12.1 Å². The van der Waals surface area contributed by atoms with E-state index in [1.165, 1.54) is 0 Å². The van der Waals surface area contributed by atoms with Crippen LogP contribution < -0.4 is 4.89 Å². The Morgan fingerprint density at radius 1 is 0.640 bits per heavy atom. The Bertz CT molecular complexity index is 922. The number of hydrogen-bond donors (Lipinski definition) is 0. The van der Waals surface area contributed by atoms with Crippen molar-refractivity contribution in [2.45, 2.75) is 0 Å². The van der Waals surface area contributed by atoms with E-state index in [1.54, 1.807) is 0 Å². The molecule has 1 aliphatic rings. The van der Waals surface area contributed by atoms with E-state index in [4.69, 9.17) is 9.52 Å². The molecule has 0 aromatic heterocycles. The van der Waals surface area contributed by atoms with Gasteiger partial charge in [-0.3, -0.25) is 0 Å². The predicted molar refractivity (Wildman–Crippen MR) is 102 cm³/mol. The molecule has 1 heterocycles. The Morgan fingerprint density at radius 3 is 1.68 bits per heavy atom. The van der Waals surface area contributed by atoms with E-state index in [0.29, 0.717) is 16.9 Å². The van der Waals surface area contributed by atoms with Crippen LogP contribution in [-0.2, 0) is 4.52 Å². The normalized spacial score (nSPS) is 17.0. The summed E-state index contributed by atoms with van der Waals surface area (Å²) in [4.78, 5) is 17.5. The zero-order chi connectivity index (χ0) is 17.1. The average Bonchev–Trinajstić information content (AvgIpc) is 2.70. The Hall–Kier alpha value is -2.74. The molecule has 0 fully saturated rings. The summed E-state index contributed by atoms with van der Waals surface area (Å²) in [6.07, 6.45) is 0. The standard InChI is InChI=1S/C21H16NO2P/c23-25-21(18-14-8-3-9-15-18)22-19(16-10-4-1-5-11-16)20(24-25)17-12-6-2-7-13-17/h1-15,25H. The Morgan fingerprint density at radius 2 is 1.12 bits per heavy atom. The molecule has 0 radical (unpaired) electrons. The second kappa shape index (κ2) is 7.02. The topological polar surface area (TPSA) is 44.6 Å². The molecule has 0 saturated carbocycles. The lowest BCUT2D eigenvalue weighted by molar-refractivity contribution is -0.170. The molecule has 3 aromatic rings. The van der Waals surface area contributed by atoms with Gasteiger partial charge in [-0.1, -0.05) is 78.9 Å². The molecule has 3 aromatic carbocycles. The number of hydrogen-bond acceptors (Lipinski definition) is 3. The quantitative estimate of drug-likeness (QED) is 0.661. The summed E-state index contributed by atoms with van der Waals surface area (Å²) in [7, 11) is -2.48. The molecule has 25 heavy (non-hydrogen) atoms. The van der Waals surface area contributed by atoms with E-state index in [-0.39, 0.29) is 0 Å². The molecule has 4 heteroatoms. The first-order valence-electron chi connectivity index (χ1n) is 8.04. The third-order valence-electron chi connectivity index (χ3n) is 3.96. The first-order valence-corrected chi connectivity index (χ1v) is 9.36. The van der Waals surface area contributed by atoms with Gasteiger partial charge in [0.1, 0.15) is 5.70 Å². The second-order valence-electron chi connectivity index (χ2n) is 5.63. The van der Waals surface area contributed by atoms with Gasteiger partial charge in [-0.2, -0.15) is 0 Å². The van der Waals surface area contributed by atoms with Crippen molar-refractivity contribution in [2.75, 3.05) is 0 Å². The fraction of sp³-hybridized carbons (Fsp3) is 0. The molecule has 4 rings (SSSR count). The van der Waals surface area contributed by atoms with Crippen LogP contribution in [0.25, 0.3) is 11.5 Å². The molecule has 0 aliphatic carbocycles. The van der Waals surface area contributed by atoms with Crippen molar-refractivity contribution >= 4 is 25.3 Å². The number of aliphatic imine (C=N–C) groups is 1. The van der Waals surface area contributed by atoms with Crippen LogP contribution in [0.3, 0.4) is 0 Å². The Labute approximate surface area is 147 Å². The Kier molecular flexibility index (Phi) is 4.43. The van der Waals surface area contributed by atoms with Crippen molar-refractivity contribution in [3.8, 4) is 0 Å². The molecule has 1 unspecified atom stereocenters. The lowest BCUT2D eigenvalue weighted by Gasteiger charge is -2.23. The van der Waals surface area contributed by atoms with Crippen LogP contribution in [0.4, 0.5) is 0 Å². The van der Waals surface area contributed by atoms with Crippen LogP contribution >= 0.6 is 8.38 Å². The van der Waals surface area contributed by atoms with Gasteiger partial charge < -0.3 is 9.42 Å². The summed E-state index contributed by atoms with van der Waals surface area (Å²) in [6.45, 7) is 0. The highest BCUT2D eigenvalue weighted by Crippen LogP contribution is 2.46. The van der Waals surface area contributed by atoms with Crippen LogP contribution in [0.2, 0.25) is 0 Å². The highest BCUT2D eigenvalue weighted by atomic mass is 31.2. The lowest BCUT2D eigenvalue weighted by Crippen LogP contribution is -2.15. The summed E-state index contributed by atoms with van der Waals surface area (Å²) in [5.74, 6) is 0.565. The average molecular weight is 345 g/mol. The number of benzene rings is 3. The van der Waals surface area contributed by atoms with E-state index in [2.05, 4.69) is 0 Å². The van der Waals surface area contributed by atoms with Crippen molar-refractivity contribution in [2.24, 2.45) is 4.99 Å². The first-order chi connectivity index (χ1) is 12.3. The van der Waals surface area contributed by atoms with Gasteiger partial charge in [0.25, 0.3) is 0 Å². The van der Waals surface area contributed by atoms with Crippen molar-refractivity contribution in [3.05, 3.63) is 108 Å². The zero-order valence-corrected chi connectivity index (χ0v) is 14.4. The van der Waals surface area contributed by atoms with Gasteiger partial charge in [0.05, 0.1) is 0 Å². The molecule has 0 bridgehead atoms. The minimum Gasteiger partial charge on any atom is -0.645 e. The van der Waals surface area contributed by atoms with Crippen molar-refractivity contribution in [1.82, 2.24) is 0 Å². The third-order valence-corrected chi connectivity index (χ3v) is 5.13. The van der Waals surface area contributed by atoms with E-state index in [0.717, 1.165) is 16.7 Å². The minimum atomic E-state index is -2.48. The third kappa shape index (κ3) is 3.25. The van der Waals surface area contributed by atoms with E-state index >= 15 is 0 Å². The molecule has 0 N–H and O–H groups in total. The molecule has 122 valence electrons. The molecule has 0 amide bonds. The van der Waals surface area contributed by atoms with Gasteiger partial charge in [0.2, 0.25) is 11.2 Å². The monoisotopic (exact) mass is 345 g/mol. The van der Waals surface area contributed by atoms with Gasteiger partial charge in [-0.25, -0.2) is 4.99 Å². The molecular weight excluding hydrogens is 329 g/mol. The maximum absolute atomic E-state index is 12.8. The smallest absolute Gasteiger partial charge is 0.222 e. The summed E-state index contributed by atoms with van der Waals surface area (Å²) in [5.41, 5.74) is 3.84. The van der Waals surface area contributed by atoms with Crippen LogP contribution in [0, 0.1) is 0 Å². The number of nitrogens with zero attached hydrogens (tertiary/aromatic N) is 1. The maximum atomic E-state index is 12.8. The first kappa shape index (κ1) is 15.8. The predicted octanol–water partition coefficient (Wildman–Crippen LogP) is 4.39. The molecule has 0 spiro atoms. The van der Waals surface area contributed by atoms with E-state index in [9.17, 15) is 4.89 Å². The maximum Gasteiger partial charge on any atom is 0.222 e. The molecule has 1 aliphatic heterocycles. The summed E-state index contributed by atoms with van der Waals surface area (Å²) in [5, 5.41) is 0. The highest BCUT2D eigenvalue weighted by molar-refractivity contribution is 7.65. The lowest BCUT2D eigenvalue weighted by atomic mass is 10.1. The molecule has 1 atom stereocenters. The zero-order valence-electron chi connectivity index (χ0n) is 13.4. The van der Waals surface area contributed by atoms with Crippen LogP contribution in [0.1, 0.15) is 16.7 Å². The largest absolute Gasteiger partial charge is 0.645 e. The molecular formula is C21H16NO2P. The van der Waals surface area contributed by atoms with Gasteiger partial charge in [0.15, 0.2) is 8.38 Å². The second-order valence-corrected chi connectivity index (χ2v) is 6.88. The van der Waals surface area contributed by atoms with Crippen molar-refractivity contribution in [3.63, 3.8) is 0 Å². The van der Waals surface area contributed by atoms with Crippen molar-refractivity contribution < 1.29 is 9.42 Å². The summed E-state index contributed by atoms with van der Waals surface area (Å²) in [6, 6.07) is 29.1. The van der Waals surface area contributed by atoms with Crippen LogP contribution in [0.5, 0.6) is 0 Å². The minimum absolute atomic E-state index is 0.504. The SMILES string of the molecule is [O-][PH+]1OC(c2ccccc2)=C(c2ccccc2)N=C1c1ccccc1. The molecule has 0 saturated heterocycles. The highest BCUT2D eigenvalue weighted by Gasteiger charge is 2.29. The molecule has 3 nitrogen and oxygen atoms in total. The van der Waals surface area contributed by atoms with Crippen LogP contribution in [-0.4, -0.2) is 5.45 Å². The van der Waals surface area contributed by atoms with Gasteiger partial charge in [0, 0.05) is 16.7 Å². The van der Waals surface area contributed by atoms with Crippen molar-refractivity contribution in [1.29, 1.82) is 0 Å².